The van der Waals surface area contributed by atoms with Gasteiger partial charge in [-0.2, -0.15) is 0 Å². The molecule has 0 aromatic heterocycles. The standard InChI is InChI=1S/C22H27N3O3/c1-2-16-7-12-20(26)19(15-16)21(27)23-17-8-10-18(11-9-17)24-22(28)25-13-5-3-4-6-14-25/h7-12,15,26H,2-6,13-14H2,1H3,(H,23,27)(H,24,28). The number of urea groups is 1. The largest absolute Gasteiger partial charge is 0.507 e. The van der Waals surface area contributed by atoms with Gasteiger partial charge in [0, 0.05) is 24.5 Å². The van der Waals surface area contributed by atoms with Gasteiger partial charge in [-0.15, -0.1) is 0 Å². The molecule has 0 spiro atoms. The second kappa shape index (κ2) is 9.26. The van der Waals surface area contributed by atoms with E-state index in [1.165, 1.54) is 18.9 Å². The van der Waals surface area contributed by atoms with Gasteiger partial charge < -0.3 is 20.6 Å². The molecule has 1 aliphatic heterocycles. The van der Waals surface area contributed by atoms with Crippen molar-refractivity contribution >= 4 is 23.3 Å². The number of likely N-dealkylation sites (tertiary alicyclic amines) is 1. The first-order valence-corrected chi connectivity index (χ1v) is 9.86. The fourth-order valence-electron chi connectivity index (χ4n) is 3.30. The predicted molar refractivity (Wildman–Crippen MR) is 111 cm³/mol. The molecule has 3 N–H and O–H groups in total. The lowest BCUT2D eigenvalue weighted by atomic mass is 10.1. The van der Waals surface area contributed by atoms with Gasteiger partial charge in [-0.1, -0.05) is 25.8 Å². The molecule has 3 rings (SSSR count). The normalized spacial score (nSPS) is 14.2. The first-order chi connectivity index (χ1) is 13.6. The summed E-state index contributed by atoms with van der Waals surface area (Å²) in [6, 6.07) is 11.9. The van der Waals surface area contributed by atoms with E-state index in [4.69, 9.17) is 0 Å². The molecule has 0 radical (unpaired) electrons. The molecule has 0 bridgehead atoms. The Morgan fingerprint density at radius 2 is 1.54 bits per heavy atom. The summed E-state index contributed by atoms with van der Waals surface area (Å²) in [5, 5.41) is 15.6. The molecule has 6 heteroatoms. The Kier molecular flexibility index (Phi) is 6.53. The van der Waals surface area contributed by atoms with E-state index < -0.39 is 0 Å². The van der Waals surface area contributed by atoms with Gasteiger partial charge in [0.1, 0.15) is 5.75 Å². The summed E-state index contributed by atoms with van der Waals surface area (Å²) in [6.45, 7) is 3.58. The minimum Gasteiger partial charge on any atom is -0.507 e. The van der Waals surface area contributed by atoms with Crippen LogP contribution in [0, 0.1) is 0 Å². The van der Waals surface area contributed by atoms with Gasteiger partial charge in [-0.3, -0.25) is 4.79 Å². The van der Waals surface area contributed by atoms with Gasteiger partial charge in [0.2, 0.25) is 0 Å². The van der Waals surface area contributed by atoms with Crippen molar-refractivity contribution in [2.24, 2.45) is 0 Å². The lowest BCUT2D eigenvalue weighted by Crippen LogP contribution is -2.35. The number of nitrogens with zero attached hydrogens (tertiary/aromatic N) is 1. The fraction of sp³-hybridized carbons (Fsp3) is 0.364. The number of rotatable bonds is 4. The Morgan fingerprint density at radius 1 is 0.929 bits per heavy atom. The number of hydrogen-bond donors (Lipinski definition) is 3. The first kappa shape index (κ1) is 19.7. The summed E-state index contributed by atoms with van der Waals surface area (Å²) < 4.78 is 0. The van der Waals surface area contributed by atoms with Gasteiger partial charge in [-0.05, 0) is 61.2 Å². The number of phenols is 1. The van der Waals surface area contributed by atoms with Gasteiger partial charge >= 0.3 is 6.03 Å². The van der Waals surface area contributed by atoms with Crippen LogP contribution in [0.25, 0.3) is 0 Å². The van der Waals surface area contributed by atoms with Crippen molar-refractivity contribution in [1.82, 2.24) is 4.90 Å². The number of carbonyl (C=O) groups excluding carboxylic acids is 2. The lowest BCUT2D eigenvalue weighted by Gasteiger charge is -2.20. The molecule has 0 unspecified atom stereocenters. The fourth-order valence-corrected chi connectivity index (χ4v) is 3.30. The molecular weight excluding hydrogens is 354 g/mol. The van der Waals surface area contributed by atoms with Crippen LogP contribution in [0.4, 0.5) is 16.2 Å². The third-order valence-corrected chi connectivity index (χ3v) is 5.00. The second-order valence-corrected chi connectivity index (χ2v) is 7.07. The SMILES string of the molecule is CCc1ccc(O)c(C(=O)Nc2ccc(NC(=O)N3CCCCCC3)cc2)c1. The maximum atomic E-state index is 12.5. The molecule has 1 saturated heterocycles. The average Bonchev–Trinajstić information content (AvgIpc) is 2.99. The number of benzene rings is 2. The van der Waals surface area contributed by atoms with E-state index in [0.29, 0.717) is 11.4 Å². The summed E-state index contributed by atoms with van der Waals surface area (Å²) in [5.74, 6) is -0.412. The number of phenolic OH excluding ortho intramolecular Hbond substituents is 1. The quantitative estimate of drug-likeness (QED) is 0.723. The summed E-state index contributed by atoms with van der Waals surface area (Å²) in [4.78, 5) is 26.7. The van der Waals surface area contributed by atoms with Crippen LogP contribution in [-0.4, -0.2) is 35.0 Å². The van der Waals surface area contributed by atoms with E-state index in [-0.39, 0.29) is 23.3 Å². The molecule has 2 aromatic rings. The monoisotopic (exact) mass is 381 g/mol. The number of anilines is 2. The Labute approximate surface area is 165 Å². The summed E-state index contributed by atoms with van der Waals surface area (Å²) in [6.07, 6.45) is 5.23. The number of aryl methyl sites for hydroxylation is 1. The van der Waals surface area contributed by atoms with Crippen LogP contribution in [0.3, 0.4) is 0 Å². The maximum absolute atomic E-state index is 12.5. The van der Waals surface area contributed by atoms with Crippen molar-refractivity contribution in [2.75, 3.05) is 23.7 Å². The summed E-state index contributed by atoms with van der Waals surface area (Å²) in [7, 11) is 0. The molecule has 1 fully saturated rings. The molecule has 28 heavy (non-hydrogen) atoms. The highest BCUT2D eigenvalue weighted by atomic mass is 16.3. The Balaban J connectivity index is 1.61. The molecular formula is C22H27N3O3. The van der Waals surface area contributed by atoms with E-state index in [9.17, 15) is 14.7 Å². The number of hydrogen-bond acceptors (Lipinski definition) is 3. The molecule has 0 saturated carbocycles. The molecule has 148 valence electrons. The first-order valence-electron chi connectivity index (χ1n) is 9.86. The van der Waals surface area contributed by atoms with E-state index in [1.807, 2.05) is 11.8 Å². The maximum Gasteiger partial charge on any atom is 0.321 e. The van der Waals surface area contributed by atoms with Gasteiger partial charge in [0.15, 0.2) is 0 Å². The van der Waals surface area contributed by atoms with Crippen LogP contribution in [0.1, 0.15) is 48.5 Å². The Hall–Kier alpha value is -3.02. The third-order valence-electron chi connectivity index (χ3n) is 5.00. The van der Waals surface area contributed by atoms with Crippen molar-refractivity contribution < 1.29 is 14.7 Å². The average molecular weight is 381 g/mol. The zero-order valence-corrected chi connectivity index (χ0v) is 16.2. The van der Waals surface area contributed by atoms with Gasteiger partial charge in [0.25, 0.3) is 5.91 Å². The predicted octanol–water partition coefficient (Wildman–Crippen LogP) is 4.61. The van der Waals surface area contributed by atoms with Crippen molar-refractivity contribution in [2.45, 2.75) is 39.0 Å². The molecule has 1 heterocycles. The van der Waals surface area contributed by atoms with E-state index in [2.05, 4.69) is 10.6 Å². The molecule has 6 nitrogen and oxygen atoms in total. The van der Waals surface area contributed by atoms with Crippen molar-refractivity contribution in [1.29, 1.82) is 0 Å². The second-order valence-electron chi connectivity index (χ2n) is 7.07. The smallest absolute Gasteiger partial charge is 0.321 e. The Morgan fingerprint density at radius 3 is 2.14 bits per heavy atom. The van der Waals surface area contributed by atoms with Crippen LogP contribution < -0.4 is 10.6 Å². The van der Waals surface area contributed by atoms with Crippen LogP contribution in [-0.2, 0) is 6.42 Å². The van der Waals surface area contributed by atoms with Crippen LogP contribution >= 0.6 is 0 Å². The number of carbonyl (C=O) groups is 2. The minimum absolute atomic E-state index is 0.0453. The van der Waals surface area contributed by atoms with Gasteiger partial charge in [-0.25, -0.2) is 4.79 Å². The van der Waals surface area contributed by atoms with Crippen molar-refractivity contribution in [3.63, 3.8) is 0 Å². The zero-order chi connectivity index (χ0) is 19.9. The molecule has 2 aromatic carbocycles. The third kappa shape index (κ3) is 5.03. The number of aromatic hydroxyl groups is 1. The summed E-state index contributed by atoms with van der Waals surface area (Å²) in [5.41, 5.74) is 2.51. The van der Waals surface area contributed by atoms with Crippen molar-refractivity contribution in [3.8, 4) is 5.75 Å². The van der Waals surface area contributed by atoms with Crippen molar-refractivity contribution in [3.05, 3.63) is 53.6 Å². The van der Waals surface area contributed by atoms with Crippen LogP contribution in [0.15, 0.2) is 42.5 Å². The summed E-state index contributed by atoms with van der Waals surface area (Å²) >= 11 is 0. The molecule has 3 amide bonds. The number of amides is 3. The topological polar surface area (TPSA) is 81.7 Å². The lowest BCUT2D eigenvalue weighted by molar-refractivity contribution is 0.102. The molecule has 1 aliphatic rings. The number of nitrogens with one attached hydrogen (secondary N) is 2. The van der Waals surface area contributed by atoms with E-state index in [0.717, 1.165) is 37.9 Å². The zero-order valence-electron chi connectivity index (χ0n) is 16.2. The van der Waals surface area contributed by atoms with Gasteiger partial charge in [0.05, 0.1) is 5.56 Å². The highest BCUT2D eigenvalue weighted by Crippen LogP contribution is 2.21. The van der Waals surface area contributed by atoms with Crippen LogP contribution in [0.5, 0.6) is 5.75 Å². The minimum atomic E-state index is -0.367. The molecule has 0 aliphatic carbocycles. The van der Waals surface area contributed by atoms with E-state index in [1.54, 1.807) is 36.4 Å². The Bertz CT molecular complexity index is 825. The van der Waals surface area contributed by atoms with Crippen LogP contribution in [0.2, 0.25) is 0 Å². The van der Waals surface area contributed by atoms with E-state index >= 15 is 0 Å². The highest BCUT2D eigenvalue weighted by Gasteiger charge is 2.16. The highest BCUT2D eigenvalue weighted by molar-refractivity contribution is 6.06. The molecule has 0 atom stereocenters.